The quantitative estimate of drug-likeness (QED) is 0.0738. The number of pyridine rings is 1. The lowest BCUT2D eigenvalue weighted by Crippen LogP contribution is -2.37. The Morgan fingerprint density at radius 3 is 2.50 bits per heavy atom. The van der Waals surface area contributed by atoms with E-state index in [1.54, 1.807) is 56.4 Å². The largest absolute Gasteiger partial charge is 0.431 e. The number of nitrogens with one attached hydrogen (secondary N) is 2. The lowest BCUT2D eigenvalue weighted by atomic mass is 10.1. The van der Waals surface area contributed by atoms with Gasteiger partial charge in [-0.2, -0.15) is 5.26 Å². The number of hydrogen-bond acceptors (Lipinski definition) is 13. The number of anilines is 1. The van der Waals surface area contributed by atoms with Gasteiger partial charge in [0.1, 0.15) is 53.7 Å². The number of carbonyl (C=O) groups excluding carboxylic acids is 2. The van der Waals surface area contributed by atoms with E-state index in [9.17, 15) is 29.6 Å². The molecule has 0 amide bonds. The minimum Gasteiger partial charge on any atom is -0.431 e. The van der Waals surface area contributed by atoms with Gasteiger partial charge in [-0.05, 0) is 38.0 Å². The Morgan fingerprint density at radius 2 is 1.82 bits per heavy atom. The van der Waals surface area contributed by atoms with E-state index in [4.69, 9.17) is 35.1 Å². The number of aliphatic hydroxyl groups is 2. The molecular weight excluding hydrogens is 693 g/mol. The summed E-state index contributed by atoms with van der Waals surface area (Å²) in [5, 5.41) is 38.5. The highest BCUT2D eigenvalue weighted by atomic mass is 35.5. The van der Waals surface area contributed by atoms with Crippen LogP contribution in [0.2, 0.25) is 5.15 Å². The predicted molar refractivity (Wildman–Crippen MR) is 181 cm³/mol. The van der Waals surface area contributed by atoms with Crippen LogP contribution in [0.25, 0.3) is 11.0 Å². The zero-order valence-electron chi connectivity index (χ0n) is 27.9. The normalized spacial score (nSPS) is 22.6. The maximum atomic E-state index is 14.0. The molecule has 1 aliphatic heterocycles. The van der Waals surface area contributed by atoms with Gasteiger partial charge in [0, 0.05) is 17.6 Å². The van der Waals surface area contributed by atoms with E-state index in [0.29, 0.717) is 16.7 Å². The number of hydrogen-bond donors (Lipinski definition) is 4. The van der Waals surface area contributed by atoms with Gasteiger partial charge >= 0.3 is 19.5 Å². The fourth-order valence-corrected chi connectivity index (χ4v) is 7.68. The smallest absolute Gasteiger partial charge is 0.342 e. The van der Waals surface area contributed by atoms with Gasteiger partial charge < -0.3 is 43.6 Å². The molecular formula is C33H41ClN5O10P. The molecule has 0 radical (unpaired) electrons. The molecule has 270 valence electrons. The second kappa shape index (κ2) is 16.5. The Hall–Kier alpha value is -3.74. The van der Waals surface area contributed by atoms with Crippen molar-refractivity contribution in [1.82, 2.24) is 14.6 Å². The monoisotopic (exact) mass is 733 g/mol. The van der Waals surface area contributed by atoms with Crippen molar-refractivity contribution in [1.29, 1.82) is 5.26 Å². The number of carbonyl (C=O) groups is 2. The van der Waals surface area contributed by atoms with Gasteiger partial charge in [0.2, 0.25) is 6.79 Å². The van der Waals surface area contributed by atoms with Gasteiger partial charge in [0.25, 0.3) is 0 Å². The minimum absolute atomic E-state index is 0.00952. The van der Waals surface area contributed by atoms with Gasteiger partial charge in [-0.1, -0.05) is 56.5 Å². The Morgan fingerprint density at radius 1 is 1.12 bits per heavy atom. The highest BCUT2D eigenvalue weighted by Gasteiger charge is 2.45. The van der Waals surface area contributed by atoms with E-state index >= 15 is 0 Å². The molecule has 0 spiro atoms. The van der Waals surface area contributed by atoms with Crippen LogP contribution in [0.5, 0.6) is 5.75 Å². The molecule has 1 unspecified atom stereocenters. The second-order valence-corrected chi connectivity index (χ2v) is 14.9. The predicted octanol–water partition coefficient (Wildman–Crippen LogP) is 4.46. The number of nitrogens with zero attached hydrogens (tertiary/aromatic N) is 3. The zero-order chi connectivity index (χ0) is 36.0. The third-order valence-corrected chi connectivity index (χ3v) is 10.5. The molecule has 1 saturated carbocycles. The molecule has 6 atom stereocenters. The maximum Gasteiger partial charge on any atom is 0.342 e. The number of aromatic nitrogens is 2. The molecule has 5 rings (SSSR count). The number of halogens is 1. The van der Waals surface area contributed by atoms with Crippen LogP contribution in [0.4, 0.5) is 5.69 Å². The van der Waals surface area contributed by atoms with E-state index in [2.05, 4.69) is 21.5 Å². The van der Waals surface area contributed by atoms with Gasteiger partial charge in [-0.15, -0.1) is 0 Å². The zero-order valence-corrected chi connectivity index (χ0v) is 29.5. The van der Waals surface area contributed by atoms with Crippen molar-refractivity contribution in [2.24, 2.45) is 5.92 Å². The molecule has 17 heteroatoms. The van der Waals surface area contributed by atoms with Crippen LogP contribution >= 0.6 is 19.1 Å². The molecule has 1 aliphatic carbocycles. The summed E-state index contributed by atoms with van der Waals surface area (Å²) in [5.74, 6) is -1.58. The van der Waals surface area contributed by atoms with Crippen molar-refractivity contribution in [3.63, 3.8) is 0 Å². The number of ether oxygens (including phenoxy) is 4. The molecule has 4 N–H and O–H groups in total. The first-order chi connectivity index (χ1) is 23.9. The van der Waals surface area contributed by atoms with E-state index in [0.717, 1.165) is 25.7 Å². The van der Waals surface area contributed by atoms with E-state index in [1.807, 2.05) is 0 Å². The number of benzene rings is 1. The topological polar surface area (TPSA) is 203 Å². The van der Waals surface area contributed by atoms with Crippen LogP contribution in [0.3, 0.4) is 0 Å². The number of esters is 2. The number of fused-ring (bicyclic) bond motifs is 1. The van der Waals surface area contributed by atoms with E-state index in [-0.39, 0.29) is 29.1 Å². The average molecular weight is 734 g/mol. The maximum absolute atomic E-state index is 14.0. The molecule has 1 saturated heterocycles. The first-order valence-electron chi connectivity index (χ1n) is 16.3. The van der Waals surface area contributed by atoms with Crippen LogP contribution in [0.15, 0.2) is 42.6 Å². The summed E-state index contributed by atoms with van der Waals surface area (Å²) in [4.78, 5) is 28.7. The summed E-state index contributed by atoms with van der Waals surface area (Å²) in [6.45, 7) is 3.74. The summed E-state index contributed by atoms with van der Waals surface area (Å²) in [6, 6.07) is 11.1. The van der Waals surface area contributed by atoms with Crippen molar-refractivity contribution < 1.29 is 47.8 Å². The standard InChI is InChI=1S/C33H41ClN5O10P/c1-19(2)32(42)46-17-47-33(43)20(3)38-50(44,49-22-11-5-4-6-12-22)18-45-16-25-27(40)28(41)31(48-25)39-14-13-23-26(36-21-9-7-8-10-21)24(15-35)29(34)37-30(23)39/h4-6,11-14,19-21,25,27-28,31,40-41H,7-10,16-18H2,1-3H3,(H,36,37)(H,38,44)/t20-,25?,27+,28+,31+,50-/m0/s1. The fraction of sp³-hybridized carbons (Fsp3) is 0.515. The average Bonchev–Trinajstić information content (AvgIpc) is 3.81. The molecule has 0 bridgehead atoms. The summed E-state index contributed by atoms with van der Waals surface area (Å²) >= 11 is 6.44. The van der Waals surface area contributed by atoms with Gasteiger partial charge in [-0.25, -0.2) is 10.1 Å². The Bertz CT molecular complexity index is 1750. The van der Waals surface area contributed by atoms with Crippen molar-refractivity contribution in [3.8, 4) is 11.8 Å². The SMILES string of the molecule is CC(C)C(=O)OCOC(=O)[C@H](C)N[P@](=O)(COCC1O[C@@H](n2ccc3c(NC4CCCC4)c(C#N)c(Cl)nc32)[C@H](O)[C@@H]1O)Oc1ccccc1. The number of para-hydroxylation sites is 1. The summed E-state index contributed by atoms with van der Waals surface area (Å²) in [7, 11) is -3.98. The van der Waals surface area contributed by atoms with Crippen LogP contribution in [0, 0.1) is 17.2 Å². The molecule has 3 heterocycles. The third kappa shape index (κ3) is 8.76. The minimum atomic E-state index is -3.98. The molecule has 50 heavy (non-hydrogen) atoms. The van der Waals surface area contributed by atoms with Gasteiger partial charge in [0.15, 0.2) is 11.4 Å². The van der Waals surface area contributed by atoms with Crippen LogP contribution < -0.4 is 14.9 Å². The lowest BCUT2D eigenvalue weighted by molar-refractivity contribution is -0.170. The van der Waals surface area contributed by atoms with Crippen molar-refractivity contribution in [3.05, 3.63) is 53.3 Å². The molecule has 3 aromatic rings. The van der Waals surface area contributed by atoms with Crippen molar-refractivity contribution >= 4 is 47.8 Å². The van der Waals surface area contributed by atoms with Crippen molar-refractivity contribution in [2.75, 3.05) is 25.1 Å². The first-order valence-corrected chi connectivity index (χ1v) is 18.5. The second-order valence-electron chi connectivity index (χ2n) is 12.5. The Labute approximate surface area is 294 Å². The number of nitriles is 1. The number of rotatable bonds is 15. The van der Waals surface area contributed by atoms with Crippen LogP contribution in [-0.2, 0) is 33.1 Å². The fourth-order valence-electron chi connectivity index (χ4n) is 5.78. The third-order valence-electron chi connectivity index (χ3n) is 8.40. The summed E-state index contributed by atoms with van der Waals surface area (Å²) < 4.78 is 42.9. The van der Waals surface area contributed by atoms with Gasteiger partial charge in [-0.3, -0.25) is 14.2 Å². The molecule has 2 aromatic heterocycles. The molecule has 2 fully saturated rings. The molecule has 1 aromatic carbocycles. The lowest BCUT2D eigenvalue weighted by Gasteiger charge is -2.24. The van der Waals surface area contributed by atoms with E-state index < -0.39 is 69.1 Å². The summed E-state index contributed by atoms with van der Waals surface area (Å²) in [5.41, 5.74) is 1.12. The molecule has 15 nitrogen and oxygen atoms in total. The van der Waals surface area contributed by atoms with E-state index in [1.165, 1.54) is 11.5 Å². The Kier molecular flexibility index (Phi) is 12.4. The van der Waals surface area contributed by atoms with Crippen molar-refractivity contribution in [2.45, 2.75) is 83.1 Å². The highest BCUT2D eigenvalue weighted by molar-refractivity contribution is 7.57. The number of aliphatic hydroxyl groups excluding tert-OH is 2. The summed E-state index contributed by atoms with van der Waals surface area (Å²) in [6.07, 6.45) is 0.167. The first kappa shape index (κ1) is 37.5. The van der Waals surface area contributed by atoms with Crippen LogP contribution in [-0.4, -0.2) is 81.8 Å². The van der Waals surface area contributed by atoms with Crippen LogP contribution in [0.1, 0.15) is 58.2 Å². The molecule has 2 aliphatic rings. The Balaban J connectivity index is 1.26. The van der Waals surface area contributed by atoms with Gasteiger partial charge in [0.05, 0.1) is 18.2 Å². The highest BCUT2D eigenvalue weighted by Crippen LogP contribution is 2.44.